The molecule has 0 atom stereocenters. The molecule has 140 valence electrons. The van der Waals surface area contributed by atoms with Crippen LogP contribution in [0.15, 0.2) is 30.3 Å². The Morgan fingerprint density at radius 1 is 1.19 bits per heavy atom. The Morgan fingerprint density at radius 2 is 1.85 bits per heavy atom. The van der Waals surface area contributed by atoms with Crippen molar-refractivity contribution in [1.29, 1.82) is 0 Å². The number of nitrogens with zero attached hydrogens (tertiary/aromatic N) is 3. The minimum atomic E-state index is -0.139. The third-order valence-electron chi connectivity index (χ3n) is 4.29. The Kier molecular flexibility index (Phi) is 6.55. The molecule has 1 N–H and O–H groups in total. The topological polar surface area (TPSA) is 67.2 Å². The van der Waals surface area contributed by atoms with Crippen molar-refractivity contribution in [3.63, 3.8) is 0 Å². The summed E-state index contributed by atoms with van der Waals surface area (Å²) in [5.41, 5.74) is 4.07. The molecule has 0 aliphatic rings. The number of para-hydroxylation sites is 1. The van der Waals surface area contributed by atoms with E-state index in [0.717, 1.165) is 22.6 Å². The predicted molar refractivity (Wildman–Crippen MR) is 102 cm³/mol. The summed E-state index contributed by atoms with van der Waals surface area (Å²) in [6.07, 6.45) is 0.965. The van der Waals surface area contributed by atoms with Crippen LogP contribution in [0.2, 0.25) is 0 Å². The summed E-state index contributed by atoms with van der Waals surface area (Å²) in [5.74, 6) is -0.185. The Balaban J connectivity index is 2.00. The Labute approximate surface area is 155 Å². The highest BCUT2D eigenvalue weighted by Gasteiger charge is 2.17. The number of carbonyl (C=O) groups excluding carboxylic acids is 2. The molecule has 0 aliphatic heterocycles. The van der Waals surface area contributed by atoms with E-state index in [-0.39, 0.29) is 24.4 Å². The number of aromatic nitrogens is 2. The van der Waals surface area contributed by atoms with Crippen molar-refractivity contribution in [3.8, 4) is 5.69 Å². The molecule has 6 nitrogen and oxygen atoms in total. The van der Waals surface area contributed by atoms with Crippen LogP contribution in [0, 0.1) is 13.8 Å². The van der Waals surface area contributed by atoms with E-state index in [4.69, 9.17) is 0 Å². The van der Waals surface area contributed by atoms with Crippen LogP contribution in [0.5, 0.6) is 0 Å². The lowest BCUT2D eigenvalue weighted by atomic mass is 10.1. The average Bonchev–Trinajstić information content (AvgIpc) is 2.87. The van der Waals surface area contributed by atoms with Crippen molar-refractivity contribution < 1.29 is 9.59 Å². The number of aryl methyl sites for hydroxylation is 1. The smallest absolute Gasteiger partial charge is 0.239 e. The quantitative estimate of drug-likeness (QED) is 0.828. The molecule has 1 heterocycles. The van der Waals surface area contributed by atoms with Crippen LogP contribution in [0.4, 0.5) is 0 Å². The third kappa shape index (κ3) is 4.94. The van der Waals surface area contributed by atoms with Crippen molar-refractivity contribution >= 4 is 11.8 Å². The highest BCUT2D eigenvalue weighted by atomic mass is 16.2. The van der Waals surface area contributed by atoms with Crippen LogP contribution in [-0.4, -0.2) is 46.1 Å². The normalized spacial score (nSPS) is 10.8. The molecule has 2 amide bonds. The van der Waals surface area contributed by atoms with E-state index in [2.05, 4.69) is 10.4 Å². The molecule has 0 saturated carbocycles. The number of benzene rings is 1. The fourth-order valence-electron chi connectivity index (χ4n) is 2.95. The van der Waals surface area contributed by atoms with Gasteiger partial charge >= 0.3 is 0 Å². The zero-order valence-corrected chi connectivity index (χ0v) is 16.2. The number of rotatable bonds is 7. The Hall–Kier alpha value is -2.63. The van der Waals surface area contributed by atoms with Crippen molar-refractivity contribution in [2.75, 3.05) is 13.6 Å². The molecule has 1 aromatic carbocycles. The fourth-order valence-corrected chi connectivity index (χ4v) is 2.95. The van der Waals surface area contributed by atoms with Gasteiger partial charge in [0.15, 0.2) is 0 Å². The SMILES string of the molecule is Cc1nn(-c2ccccc2)c(C)c1CCC(=O)N(C)CC(=O)NC(C)C. The van der Waals surface area contributed by atoms with Crippen LogP contribution < -0.4 is 5.32 Å². The fraction of sp³-hybridized carbons (Fsp3) is 0.450. The second-order valence-electron chi connectivity index (χ2n) is 6.87. The van der Waals surface area contributed by atoms with Crippen LogP contribution in [0.25, 0.3) is 5.69 Å². The molecule has 0 unspecified atom stereocenters. The van der Waals surface area contributed by atoms with Gasteiger partial charge in [0.05, 0.1) is 17.9 Å². The van der Waals surface area contributed by atoms with Gasteiger partial charge in [-0.1, -0.05) is 18.2 Å². The van der Waals surface area contributed by atoms with Gasteiger partial charge in [0.25, 0.3) is 0 Å². The number of nitrogens with one attached hydrogen (secondary N) is 1. The van der Waals surface area contributed by atoms with Gasteiger partial charge < -0.3 is 10.2 Å². The largest absolute Gasteiger partial charge is 0.352 e. The summed E-state index contributed by atoms with van der Waals surface area (Å²) in [6, 6.07) is 10.0. The minimum absolute atomic E-state index is 0.0461. The summed E-state index contributed by atoms with van der Waals surface area (Å²) < 4.78 is 1.91. The first kappa shape index (κ1) is 19.7. The van der Waals surface area contributed by atoms with Gasteiger partial charge in [-0.25, -0.2) is 4.68 Å². The monoisotopic (exact) mass is 356 g/mol. The molecule has 2 aromatic rings. The number of amides is 2. The Morgan fingerprint density at radius 3 is 2.46 bits per heavy atom. The van der Waals surface area contributed by atoms with Crippen molar-refractivity contribution in [2.45, 2.75) is 46.6 Å². The lowest BCUT2D eigenvalue weighted by Crippen LogP contribution is -2.40. The third-order valence-corrected chi connectivity index (χ3v) is 4.29. The lowest BCUT2D eigenvalue weighted by molar-refractivity contribution is -0.134. The van der Waals surface area contributed by atoms with Crippen molar-refractivity contribution in [1.82, 2.24) is 20.0 Å². The summed E-state index contributed by atoms with van der Waals surface area (Å²) in [5, 5.41) is 7.41. The maximum absolute atomic E-state index is 12.4. The van der Waals surface area contributed by atoms with Crippen LogP contribution >= 0.6 is 0 Å². The lowest BCUT2D eigenvalue weighted by Gasteiger charge is -2.18. The molecular weight excluding hydrogens is 328 g/mol. The zero-order valence-electron chi connectivity index (χ0n) is 16.2. The van der Waals surface area contributed by atoms with Gasteiger partial charge in [0.1, 0.15) is 0 Å². The summed E-state index contributed by atoms with van der Waals surface area (Å²) >= 11 is 0. The van der Waals surface area contributed by atoms with E-state index in [0.29, 0.717) is 12.8 Å². The second kappa shape index (κ2) is 8.65. The first-order chi connectivity index (χ1) is 12.3. The zero-order chi connectivity index (χ0) is 19.3. The molecule has 0 saturated heterocycles. The van der Waals surface area contributed by atoms with Crippen LogP contribution in [0.1, 0.15) is 37.2 Å². The van der Waals surface area contributed by atoms with Crippen molar-refractivity contribution in [3.05, 3.63) is 47.3 Å². The van der Waals surface area contributed by atoms with Gasteiger partial charge in [0.2, 0.25) is 11.8 Å². The number of carbonyl (C=O) groups is 2. The molecule has 0 spiro atoms. The summed E-state index contributed by atoms with van der Waals surface area (Å²) in [7, 11) is 1.66. The maximum Gasteiger partial charge on any atom is 0.239 e. The van der Waals surface area contributed by atoms with Gasteiger partial charge in [-0.15, -0.1) is 0 Å². The molecule has 0 bridgehead atoms. The second-order valence-corrected chi connectivity index (χ2v) is 6.87. The van der Waals surface area contributed by atoms with Gasteiger partial charge in [-0.2, -0.15) is 5.10 Å². The van der Waals surface area contributed by atoms with Gasteiger partial charge in [-0.3, -0.25) is 9.59 Å². The number of hydrogen-bond acceptors (Lipinski definition) is 3. The molecule has 1 aromatic heterocycles. The molecule has 0 radical (unpaired) electrons. The van der Waals surface area contributed by atoms with E-state index < -0.39 is 0 Å². The van der Waals surface area contributed by atoms with E-state index in [1.165, 1.54) is 4.90 Å². The van der Waals surface area contributed by atoms with Crippen LogP contribution in [0.3, 0.4) is 0 Å². The maximum atomic E-state index is 12.4. The van der Waals surface area contributed by atoms with E-state index >= 15 is 0 Å². The number of likely N-dealkylation sites (N-methyl/N-ethyl adjacent to an activating group) is 1. The van der Waals surface area contributed by atoms with E-state index in [9.17, 15) is 9.59 Å². The van der Waals surface area contributed by atoms with E-state index in [1.54, 1.807) is 7.05 Å². The standard InChI is InChI=1S/C20H28N4O2/c1-14(2)21-19(25)13-23(5)20(26)12-11-18-15(3)22-24(16(18)4)17-9-7-6-8-10-17/h6-10,14H,11-13H2,1-5H3,(H,21,25). The first-order valence-electron chi connectivity index (χ1n) is 8.93. The van der Waals surface area contributed by atoms with Crippen LogP contribution in [-0.2, 0) is 16.0 Å². The Bertz CT molecular complexity index is 766. The summed E-state index contributed by atoms with van der Waals surface area (Å²) in [6.45, 7) is 7.86. The molecule has 6 heteroatoms. The number of hydrogen-bond donors (Lipinski definition) is 1. The van der Waals surface area contributed by atoms with E-state index in [1.807, 2.05) is 62.7 Å². The van der Waals surface area contributed by atoms with Gasteiger partial charge in [0, 0.05) is 25.2 Å². The highest BCUT2D eigenvalue weighted by Crippen LogP contribution is 2.19. The molecule has 26 heavy (non-hydrogen) atoms. The average molecular weight is 356 g/mol. The van der Waals surface area contributed by atoms with Gasteiger partial charge in [-0.05, 0) is 51.8 Å². The molecule has 0 fully saturated rings. The molecule has 2 rings (SSSR count). The molecule has 0 aliphatic carbocycles. The predicted octanol–water partition coefficient (Wildman–Crippen LogP) is 2.40. The minimum Gasteiger partial charge on any atom is -0.352 e. The highest BCUT2D eigenvalue weighted by molar-refractivity contribution is 5.84. The summed E-state index contributed by atoms with van der Waals surface area (Å²) in [4.78, 5) is 25.6. The van der Waals surface area contributed by atoms with Crippen molar-refractivity contribution in [2.24, 2.45) is 0 Å². The first-order valence-corrected chi connectivity index (χ1v) is 8.93. The molecular formula is C20H28N4O2.